The van der Waals surface area contributed by atoms with E-state index in [1.165, 1.54) is 17.5 Å². The molecule has 0 aromatic heterocycles. The van der Waals surface area contributed by atoms with Crippen LogP contribution in [0.25, 0.3) is 0 Å². The Labute approximate surface area is 174 Å². The number of benzene rings is 2. The van der Waals surface area contributed by atoms with Crippen molar-refractivity contribution in [3.05, 3.63) is 70.7 Å². The molecule has 0 aliphatic carbocycles. The molecule has 2 aromatic carbocycles. The van der Waals surface area contributed by atoms with Crippen LogP contribution in [0.3, 0.4) is 0 Å². The molecule has 0 spiro atoms. The van der Waals surface area contributed by atoms with Crippen LogP contribution in [0.2, 0.25) is 5.02 Å². The van der Waals surface area contributed by atoms with Crippen LogP contribution < -0.4 is 0 Å². The van der Waals surface area contributed by atoms with E-state index in [1.54, 1.807) is 0 Å². The van der Waals surface area contributed by atoms with Gasteiger partial charge in [-0.15, -0.1) is 0 Å². The predicted octanol–water partition coefficient (Wildman–Crippen LogP) is 4.64. The molecule has 0 amide bonds. The van der Waals surface area contributed by atoms with Crippen LogP contribution in [-0.4, -0.2) is 54.7 Å². The molecule has 0 saturated carbocycles. The normalized spacial score (nSPS) is 20.9. The van der Waals surface area contributed by atoms with Crippen molar-refractivity contribution in [2.75, 3.05) is 39.4 Å². The molecular weight excluding hydrogens is 368 g/mol. The maximum Gasteiger partial charge on any atom is 0.0483 e. The third-order valence-electron chi connectivity index (χ3n) is 6.53. The van der Waals surface area contributed by atoms with Crippen LogP contribution in [0, 0.1) is 0 Å². The number of nitrogens with zero attached hydrogens (tertiary/aromatic N) is 2. The highest BCUT2D eigenvalue weighted by Crippen LogP contribution is 2.34. The van der Waals surface area contributed by atoms with Crippen molar-refractivity contribution in [2.45, 2.75) is 37.8 Å². The van der Waals surface area contributed by atoms with Crippen molar-refractivity contribution in [2.24, 2.45) is 0 Å². The summed E-state index contributed by atoms with van der Waals surface area (Å²) in [6, 6.07) is 19.1. The summed E-state index contributed by atoms with van der Waals surface area (Å²) in [6.07, 6.45) is 4.48. The second-order valence-corrected chi connectivity index (χ2v) is 8.58. The number of hydrogen-bond acceptors (Lipinski definition) is 3. The standard InChI is InChI=1S/C24H31ClN2O/c25-23-9-5-4-8-22(23)10-11-24(12-18-28-19-13-24)27-16-14-26(15-17-27)20-21-6-2-1-3-7-21/h1-9H,10-20H2. The van der Waals surface area contributed by atoms with Crippen LogP contribution in [-0.2, 0) is 17.7 Å². The summed E-state index contributed by atoms with van der Waals surface area (Å²) in [5, 5.41) is 0.900. The molecule has 0 unspecified atom stereocenters. The first kappa shape index (κ1) is 19.9. The highest BCUT2D eigenvalue weighted by Gasteiger charge is 2.39. The van der Waals surface area contributed by atoms with E-state index in [1.807, 2.05) is 12.1 Å². The Bertz CT molecular complexity index is 737. The van der Waals surface area contributed by atoms with Gasteiger partial charge in [-0.3, -0.25) is 9.80 Å². The quantitative estimate of drug-likeness (QED) is 0.705. The molecule has 150 valence electrons. The molecule has 28 heavy (non-hydrogen) atoms. The number of rotatable bonds is 6. The Morgan fingerprint density at radius 3 is 2.25 bits per heavy atom. The van der Waals surface area contributed by atoms with Gasteiger partial charge in [0.15, 0.2) is 0 Å². The molecule has 2 fully saturated rings. The van der Waals surface area contributed by atoms with Crippen molar-refractivity contribution < 1.29 is 4.74 Å². The fraction of sp³-hybridized carbons (Fsp3) is 0.500. The molecule has 3 nitrogen and oxygen atoms in total. The summed E-state index contributed by atoms with van der Waals surface area (Å²) in [5.74, 6) is 0. The zero-order chi connectivity index (χ0) is 19.2. The Kier molecular flexibility index (Phi) is 6.69. The van der Waals surface area contributed by atoms with Crippen LogP contribution in [0.15, 0.2) is 54.6 Å². The molecule has 4 heteroatoms. The SMILES string of the molecule is Clc1ccccc1CCC1(N2CCN(Cc3ccccc3)CC2)CCOCC1. The summed E-state index contributed by atoms with van der Waals surface area (Å²) < 4.78 is 5.73. The third kappa shape index (κ3) is 4.77. The van der Waals surface area contributed by atoms with Gasteiger partial charge in [0.1, 0.15) is 0 Å². The molecule has 0 bridgehead atoms. The summed E-state index contributed by atoms with van der Waals surface area (Å²) in [4.78, 5) is 5.35. The molecular formula is C24H31ClN2O. The fourth-order valence-corrected chi connectivity index (χ4v) is 5.00. The second-order valence-electron chi connectivity index (χ2n) is 8.18. The van der Waals surface area contributed by atoms with Crippen LogP contribution in [0.5, 0.6) is 0 Å². The van der Waals surface area contributed by atoms with Gasteiger partial charge in [0, 0.05) is 56.5 Å². The Hall–Kier alpha value is -1.39. The lowest BCUT2D eigenvalue weighted by Crippen LogP contribution is -2.59. The molecule has 2 saturated heterocycles. The van der Waals surface area contributed by atoms with Gasteiger partial charge in [-0.1, -0.05) is 60.1 Å². The second kappa shape index (κ2) is 9.41. The van der Waals surface area contributed by atoms with Crippen LogP contribution in [0.4, 0.5) is 0 Å². The van der Waals surface area contributed by atoms with Crippen LogP contribution in [0.1, 0.15) is 30.4 Å². The van der Waals surface area contributed by atoms with Gasteiger partial charge in [-0.05, 0) is 42.9 Å². The summed E-state index contributed by atoms with van der Waals surface area (Å²) in [5.41, 5.74) is 2.95. The minimum absolute atomic E-state index is 0.260. The molecule has 2 aliphatic heterocycles. The molecule has 0 radical (unpaired) electrons. The van der Waals surface area contributed by atoms with Crippen molar-refractivity contribution >= 4 is 11.6 Å². The van der Waals surface area contributed by atoms with Gasteiger partial charge in [0.2, 0.25) is 0 Å². The van der Waals surface area contributed by atoms with E-state index in [4.69, 9.17) is 16.3 Å². The van der Waals surface area contributed by atoms with Crippen molar-refractivity contribution in [1.82, 2.24) is 9.80 Å². The number of hydrogen-bond donors (Lipinski definition) is 0. The van der Waals surface area contributed by atoms with E-state index in [-0.39, 0.29) is 5.54 Å². The van der Waals surface area contributed by atoms with Crippen LogP contribution >= 0.6 is 11.6 Å². The van der Waals surface area contributed by atoms with E-state index in [2.05, 4.69) is 52.3 Å². The molecule has 2 aromatic rings. The summed E-state index contributed by atoms with van der Waals surface area (Å²) in [7, 11) is 0. The maximum absolute atomic E-state index is 6.42. The molecule has 0 N–H and O–H groups in total. The van der Waals surface area contributed by atoms with Gasteiger partial charge in [-0.25, -0.2) is 0 Å². The minimum atomic E-state index is 0.260. The fourth-order valence-electron chi connectivity index (χ4n) is 4.77. The van der Waals surface area contributed by atoms with Gasteiger partial charge in [-0.2, -0.15) is 0 Å². The largest absolute Gasteiger partial charge is 0.381 e. The summed E-state index contributed by atoms with van der Waals surface area (Å²) >= 11 is 6.42. The third-order valence-corrected chi connectivity index (χ3v) is 6.90. The number of piperazine rings is 1. The zero-order valence-electron chi connectivity index (χ0n) is 16.7. The van der Waals surface area contributed by atoms with Crippen molar-refractivity contribution in [1.29, 1.82) is 0 Å². The molecule has 2 heterocycles. The lowest BCUT2D eigenvalue weighted by Gasteiger charge is -2.50. The maximum atomic E-state index is 6.42. The zero-order valence-corrected chi connectivity index (χ0v) is 17.4. The molecule has 4 rings (SSSR count). The number of halogens is 1. The Morgan fingerprint density at radius 2 is 1.54 bits per heavy atom. The Morgan fingerprint density at radius 1 is 0.857 bits per heavy atom. The van der Waals surface area contributed by atoms with E-state index >= 15 is 0 Å². The smallest absolute Gasteiger partial charge is 0.0483 e. The number of aryl methyl sites for hydroxylation is 1. The van der Waals surface area contributed by atoms with Gasteiger partial charge in [0.25, 0.3) is 0 Å². The van der Waals surface area contributed by atoms with E-state index in [0.29, 0.717) is 0 Å². The monoisotopic (exact) mass is 398 g/mol. The molecule has 0 atom stereocenters. The highest BCUT2D eigenvalue weighted by atomic mass is 35.5. The van der Waals surface area contributed by atoms with E-state index in [9.17, 15) is 0 Å². The topological polar surface area (TPSA) is 15.7 Å². The summed E-state index contributed by atoms with van der Waals surface area (Å²) in [6.45, 7) is 7.40. The first-order valence-corrected chi connectivity index (χ1v) is 11.0. The van der Waals surface area contributed by atoms with Gasteiger partial charge in [0.05, 0.1) is 0 Å². The van der Waals surface area contributed by atoms with E-state index < -0.39 is 0 Å². The van der Waals surface area contributed by atoms with Crippen molar-refractivity contribution in [3.8, 4) is 0 Å². The average molecular weight is 399 g/mol. The first-order chi connectivity index (χ1) is 13.8. The molecule has 2 aliphatic rings. The van der Waals surface area contributed by atoms with E-state index in [0.717, 1.165) is 70.2 Å². The highest BCUT2D eigenvalue weighted by molar-refractivity contribution is 6.31. The first-order valence-electron chi connectivity index (χ1n) is 10.6. The number of ether oxygens (including phenoxy) is 1. The lowest BCUT2D eigenvalue weighted by atomic mass is 9.82. The van der Waals surface area contributed by atoms with Crippen molar-refractivity contribution in [3.63, 3.8) is 0 Å². The van der Waals surface area contributed by atoms with Gasteiger partial charge >= 0.3 is 0 Å². The predicted molar refractivity (Wildman–Crippen MR) is 116 cm³/mol. The Balaban J connectivity index is 1.38. The average Bonchev–Trinajstić information content (AvgIpc) is 2.75. The lowest BCUT2D eigenvalue weighted by molar-refractivity contribution is -0.0521. The van der Waals surface area contributed by atoms with Gasteiger partial charge < -0.3 is 4.74 Å². The minimum Gasteiger partial charge on any atom is -0.381 e.